The lowest BCUT2D eigenvalue weighted by atomic mass is 9.88. The Labute approximate surface area is 120 Å². The van der Waals surface area contributed by atoms with Crippen molar-refractivity contribution in [2.24, 2.45) is 5.92 Å². The summed E-state index contributed by atoms with van der Waals surface area (Å²) in [5.41, 5.74) is 0.846. The molecule has 1 aliphatic rings. The van der Waals surface area contributed by atoms with Gasteiger partial charge in [0.05, 0.1) is 14.2 Å². The molecule has 4 heteroatoms. The van der Waals surface area contributed by atoms with Crippen LogP contribution >= 0.6 is 0 Å². The zero-order valence-corrected chi connectivity index (χ0v) is 12.5. The molecule has 1 saturated carbocycles. The van der Waals surface area contributed by atoms with Crippen LogP contribution in [0.25, 0.3) is 0 Å². The normalized spacial score (nSPS) is 15.8. The molecule has 0 atom stereocenters. The molecule has 0 bridgehead atoms. The first-order valence-corrected chi connectivity index (χ1v) is 7.17. The van der Waals surface area contributed by atoms with Crippen molar-refractivity contribution in [1.82, 2.24) is 0 Å². The van der Waals surface area contributed by atoms with Crippen LogP contribution in [0.3, 0.4) is 0 Å². The third kappa shape index (κ3) is 3.06. The van der Waals surface area contributed by atoms with Crippen LogP contribution in [0.2, 0.25) is 0 Å². The number of hydrogen-bond donors (Lipinski definition) is 0. The Balaban J connectivity index is 2.15. The Morgan fingerprint density at radius 3 is 2.35 bits per heavy atom. The summed E-state index contributed by atoms with van der Waals surface area (Å²) in [4.78, 5) is 14.2. The SMILES string of the molecule is COc1ccc(N(C)C(=O)C2CCCCC2)cc1OC. The van der Waals surface area contributed by atoms with Gasteiger partial charge in [0.25, 0.3) is 0 Å². The van der Waals surface area contributed by atoms with Gasteiger partial charge in [0.15, 0.2) is 11.5 Å². The first-order valence-electron chi connectivity index (χ1n) is 7.17. The summed E-state index contributed by atoms with van der Waals surface area (Å²) in [6, 6.07) is 5.57. The fraction of sp³-hybridized carbons (Fsp3) is 0.562. The molecule has 0 N–H and O–H groups in total. The number of nitrogens with zero attached hydrogens (tertiary/aromatic N) is 1. The molecule has 2 rings (SSSR count). The van der Waals surface area contributed by atoms with Crippen molar-refractivity contribution >= 4 is 11.6 Å². The highest BCUT2D eigenvalue weighted by molar-refractivity contribution is 5.94. The van der Waals surface area contributed by atoms with Crippen LogP contribution in [-0.2, 0) is 4.79 Å². The fourth-order valence-electron chi connectivity index (χ4n) is 2.78. The van der Waals surface area contributed by atoms with Gasteiger partial charge in [-0.2, -0.15) is 0 Å². The Morgan fingerprint density at radius 2 is 1.75 bits per heavy atom. The highest BCUT2D eigenvalue weighted by Gasteiger charge is 2.25. The van der Waals surface area contributed by atoms with E-state index in [1.54, 1.807) is 19.1 Å². The van der Waals surface area contributed by atoms with Gasteiger partial charge in [-0.25, -0.2) is 0 Å². The van der Waals surface area contributed by atoms with Crippen LogP contribution in [0.5, 0.6) is 11.5 Å². The van der Waals surface area contributed by atoms with Crippen molar-refractivity contribution in [2.75, 3.05) is 26.2 Å². The Hall–Kier alpha value is -1.71. The third-order valence-electron chi connectivity index (χ3n) is 4.04. The van der Waals surface area contributed by atoms with E-state index in [1.165, 1.54) is 6.42 Å². The van der Waals surface area contributed by atoms with E-state index >= 15 is 0 Å². The number of hydrogen-bond acceptors (Lipinski definition) is 3. The highest BCUT2D eigenvalue weighted by Crippen LogP contribution is 2.33. The van der Waals surface area contributed by atoms with Crippen molar-refractivity contribution < 1.29 is 14.3 Å². The lowest BCUT2D eigenvalue weighted by molar-refractivity contribution is -0.123. The quantitative estimate of drug-likeness (QED) is 0.848. The van der Waals surface area contributed by atoms with Crippen LogP contribution in [0.15, 0.2) is 18.2 Å². The average molecular weight is 277 g/mol. The van der Waals surface area contributed by atoms with Gasteiger partial charge >= 0.3 is 0 Å². The summed E-state index contributed by atoms with van der Waals surface area (Å²) in [7, 11) is 5.04. The lowest BCUT2D eigenvalue weighted by Crippen LogP contribution is -2.33. The van der Waals surface area contributed by atoms with E-state index < -0.39 is 0 Å². The standard InChI is InChI=1S/C16H23NO3/c1-17(16(18)12-7-5-4-6-8-12)13-9-10-14(19-2)15(11-13)20-3/h9-12H,4-8H2,1-3H3. The van der Waals surface area contributed by atoms with Crippen molar-refractivity contribution in [2.45, 2.75) is 32.1 Å². The van der Waals surface area contributed by atoms with Crippen LogP contribution < -0.4 is 14.4 Å². The summed E-state index contributed by atoms with van der Waals surface area (Å²) in [5, 5.41) is 0. The van der Waals surface area contributed by atoms with Crippen molar-refractivity contribution in [3.8, 4) is 11.5 Å². The number of rotatable bonds is 4. The first kappa shape index (κ1) is 14.7. The second-order valence-corrected chi connectivity index (χ2v) is 5.27. The summed E-state index contributed by atoms with van der Waals surface area (Å²) < 4.78 is 10.5. The van der Waals surface area contributed by atoms with E-state index in [0.29, 0.717) is 11.5 Å². The number of benzene rings is 1. The van der Waals surface area contributed by atoms with Gasteiger partial charge in [-0.05, 0) is 25.0 Å². The Morgan fingerprint density at radius 1 is 1.10 bits per heavy atom. The molecule has 1 aromatic carbocycles. The van der Waals surface area contributed by atoms with Crippen LogP contribution in [0.1, 0.15) is 32.1 Å². The predicted octanol–water partition coefficient (Wildman–Crippen LogP) is 3.25. The van der Waals surface area contributed by atoms with Crippen LogP contribution in [-0.4, -0.2) is 27.2 Å². The van der Waals surface area contributed by atoms with Crippen LogP contribution in [0, 0.1) is 5.92 Å². The molecule has 1 aliphatic carbocycles. The Bertz CT molecular complexity index is 467. The highest BCUT2D eigenvalue weighted by atomic mass is 16.5. The molecular formula is C16H23NO3. The van der Waals surface area contributed by atoms with E-state index in [-0.39, 0.29) is 11.8 Å². The number of amides is 1. The monoisotopic (exact) mass is 277 g/mol. The molecule has 1 aromatic rings. The molecule has 0 unspecified atom stereocenters. The molecule has 0 spiro atoms. The second-order valence-electron chi connectivity index (χ2n) is 5.27. The molecule has 20 heavy (non-hydrogen) atoms. The van der Waals surface area contributed by atoms with Gasteiger partial charge in [0, 0.05) is 24.7 Å². The minimum atomic E-state index is 0.168. The molecule has 1 fully saturated rings. The number of ether oxygens (including phenoxy) is 2. The van der Waals surface area contributed by atoms with Crippen molar-refractivity contribution in [3.63, 3.8) is 0 Å². The predicted molar refractivity (Wildman–Crippen MR) is 79.5 cm³/mol. The number of methoxy groups -OCH3 is 2. The summed E-state index contributed by atoms with van der Waals surface area (Å²) in [6.07, 6.45) is 5.60. The summed E-state index contributed by atoms with van der Waals surface area (Å²) in [6.45, 7) is 0. The largest absolute Gasteiger partial charge is 0.493 e. The second kappa shape index (κ2) is 6.64. The molecule has 0 saturated heterocycles. The first-order chi connectivity index (χ1) is 9.67. The van der Waals surface area contributed by atoms with Crippen LogP contribution in [0.4, 0.5) is 5.69 Å². The Kier molecular flexibility index (Phi) is 4.88. The van der Waals surface area contributed by atoms with Gasteiger partial charge in [-0.15, -0.1) is 0 Å². The molecule has 110 valence electrons. The molecule has 0 radical (unpaired) electrons. The van der Waals surface area contributed by atoms with Gasteiger partial charge in [-0.1, -0.05) is 19.3 Å². The van der Waals surface area contributed by atoms with E-state index in [1.807, 2.05) is 25.2 Å². The van der Waals surface area contributed by atoms with Gasteiger partial charge in [0.1, 0.15) is 0 Å². The zero-order chi connectivity index (χ0) is 14.5. The molecule has 4 nitrogen and oxygen atoms in total. The third-order valence-corrected chi connectivity index (χ3v) is 4.04. The smallest absolute Gasteiger partial charge is 0.229 e. The summed E-state index contributed by atoms with van der Waals surface area (Å²) >= 11 is 0. The molecule has 0 aliphatic heterocycles. The molecule has 1 amide bonds. The average Bonchev–Trinajstić information content (AvgIpc) is 2.53. The van der Waals surface area contributed by atoms with Gasteiger partial charge in [-0.3, -0.25) is 4.79 Å². The zero-order valence-electron chi connectivity index (χ0n) is 12.5. The minimum Gasteiger partial charge on any atom is -0.493 e. The molecule has 0 aromatic heterocycles. The number of carbonyl (C=O) groups is 1. The summed E-state index contributed by atoms with van der Waals surface area (Å²) in [5.74, 6) is 1.70. The minimum absolute atomic E-state index is 0.168. The van der Waals surface area contributed by atoms with E-state index in [9.17, 15) is 4.79 Å². The van der Waals surface area contributed by atoms with Gasteiger partial charge < -0.3 is 14.4 Å². The van der Waals surface area contributed by atoms with Gasteiger partial charge in [0.2, 0.25) is 5.91 Å². The fourth-order valence-corrected chi connectivity index (χ4v) is 2.78. The number of carbonyl (C=O) groups excluding carboxylic acids is 1. The van der Waals surface area contributed by atoms with Crippen molar-refractivity contribution in [1.29, 1.82) is 0 Å². The van der Waals surface area contributed by atoms with E-state index in [4.69, 9.17) is 9.47 Å². The van der Waals surface area contributed by atoms with E-state index in [0.717, 1.165) is 31.4 Å². The van der Waals surface area contributed by atoms with Crippen molar-refractivity contribution in [3.05, 3.63) is 18.2 Å². The molecule has 0 heterocycles. The maximum Gasteiger partial charge on any atom is 0.229 e. The lowest BCUT2D eigenvalue weighted by Gasteiger charge is -2.26. The number of anilines is 1. The van der Waals surface area contributed by atoms with E-state index in [2.05, 4.69) is 0 Å². The maximum atomic E-state index is 12.5. The topological polar surface area (TPSA) is 38.8 Å². The maximum absolute atomic E-state index is 12.5. The molecular weight excluding hydrogens is 254 g/mol.